The molecule has 1 unspecified atom stereocenters. The van der Waals surface area contributed by atoms with Gasteiger partial charge in [0.25, 0.3) is 0 Å². The molecule has 0 fully saturated rings. The Labute approximate surface area is 131 Å². The van der Waals surface area contributed by atoms with Gasteiger partial charge in [-0.1, -0.05) is 34.1 Å². The van der Waals surface area contributed by atoms with Gasteiger partial charge in [-0.05, 0) is 43.9 Å². The smallest absolute Gasteiger partial charge is 0.0587 e. The molecule has 0 aliphatic carbocycles. The van der Waals surface area contributed by atoms with Crippen LogP contribution in [0.5, 0.6) is 0 Å². The normalized spacial score (nSPS) is 12.6. The van der Waals surface area contributed by atoms with E-state index >= 15 is 0 Å². The molecule has 3 nitrogen and oxygen atoms in total. The molecule has 1 aromatic rings. The van der Waals surface area contributed by atoms with Crippen LogP contribution in [0.2, 0.25) is 0 Å². The Morgan fingerprint density at radius 1 is 1.25 bits per heavy atom. The van der Waals surface area contributed by atoms with Crippen molar-refractivity contribution in [1.29, 1.82) is 0 Å². The van der Waals surface area contributed by atoms with Gasteiger partial charge in [-0.25, -0.2) is 0 Å². The minimum atomic E-state index is 0.581. The number of benzene rings is 1. The van der Waals surface area contributed by atoms with Crippen molar-refractivity contribution in [2.45, 2.75) is 19.8 Å². The fourth-order valence-corrected chi connectivity index (χ4v) is 2.57. The summed E-state index contributed by atoms with van der Waals surface area (Å²) in [5.74, 6) is 0.581. The standard InChI is InChI=1S/C16H26BrNO2/c1-3-20-10-8-14(13-18-9-11-19-2)12-15-6-4-5-7-16(15)17/h4-7,14,18H,3,8-13H2,1-2H3. The molecule has 0 radical (unpaired) electrons. The predicted octanol–water partition coefficient (Wildman–Crippen LogP) is 3.27. The summed E-state index contributed by atoms with van der Waals surface area (Å²) in [5, 5.41) is 3.46. The zero-order valence-electron chi connectivity index (χ0n) is 12.5. The van der Waals surface area contributed by atoms with Gasteiger partial charge in [-0.2, -0.15) is 0 Å². The molecule has 1 rings (SSSR count). The molecule has 1 atom stereocenters. The first-order chi connectivity index (χ1) is 9.77. The van der Waals surface area contributed by atoms with Crippen molar-refractivity contribution in [2.24, 2.45) is 5.92 Å². The first kappa shape index (κ1) is 17.6. The third-order valence-electron chi connectivity index (χ3n) is 3.26. The lowest BCUT2D eigenvalue weighted by molar-refractivity contribution is 0.130. The predicted molar refractivity (Wildman–Crippen MR) is 87.2 cm³/mol. The Morgan fingerprint density at radius 3 is 2.75 bits per heavy atom. The Bertz CT molecular complexity index is 360. The molecule has 0 aromatic heterocycles. The topological polar surface area (TPSA) is 30.5 Å². The average molecular weight is 344 g/mol. The van der Waals surface area contributed by atoms with Crippen LogP contribution in [0.25, 0.3) is 0 Å². The summed E-state index contributed by atoms with van der Waals surface area (Å²) in [6, 6.07) is 8.44. The molecular weight excluding hydrogens is 318 g/mol. The van der Waals surface area contributed by atoms with Crippen LogP contribution < -0.4 is 5.32 Å². The van der Waals surface area contributed by atoms with Crippen LogP contribution in [0.1, 0.15) is 18.9 Å². The van der Waals surface area contributed by atoms with Crippen LogP contribution in [0.3, 0.4) is 0 Å². The third kappa shape index (κ3) is 7.39. The maximum absolute atomic E-state index is 5.50. The van der Waals surface area contributed by atoms with Gasteiger partial charge in [0, 0.05) is 31.3 Å². The van der Waals surface area contributed by atoms with E-state index in [1.165, 1.54) is 10.0 Å². The molecule has 20 heavy (non-hydrogen) atoms. The van der Waals surface area contributed by atoms with E-state index in [0.29, 0.717) is 5.92 Å². The first-order valence-corrected chi connectivity index (χ1v) is 8.08. The van der Waals surface area contributed by atoms with E-state index in [-0.39, 0.29) is 0 Å². The summed E-state index contributed by atoms with van der Waals surface area (Å²) in [7, 11) is 1.73. The van der Waals surface area contributed by atoms with Gasteiger partial charge in [0.15, 0.2) is 0 Å². The van der Waals surface area contributed by atoms with Crippen molar-refractivity contribution in [3.05, 3.63) is 34.3 Å². The largest absolute Gasteiger partial charge is 0.383 e. The van der Waals surface area contributed by atoms with Gasteiger partial charge in [0.2, 0.25) is 0 Å². The number of ether oxygens (including phenoxy) is 2. The Kier molecular flexibility index (Phi) is 9.93. The SMILES string of the molecule is CCOCCC(CNCCOC)Cc1ccccc1Br. The lowest BCUT2D eigenvalue weighted by Gasteiger charge is -2.18. The molecule has 0 bridgehead atoms. The number of rotatable bonds is 11. The first-order valence-electron chi connectivity index (χ1n) is 7.28. The molecule has 0 spiro atoms. The van der Waals surface area contributed by atoms with Crippen molar-refractivity contribution in [2.75, 3.05) is 40.0 Å². The van der Waals surface area contributed by atoms with E-state index in [1.54, 1.807) is 7.11 Å². The number of hydrogen-bond acceptors (Lipinski definition) is 3. The highest BCUT2D eigenvalue weighted by atomic mass is 79.9. The van der Waals surface area contributed by atoms with Crippen LogP contribution in [0.4, 0.5) is 0 Å². The fourth-order valence-electron chi connectivity index (χ4n) is 2.13. The molecular formula is C16H26BrNO2. The van der Waals surface area contributed by atoms with Crippen LogP contribution in [0.15, 0.2) is 28.7 Å². The summed E-state index contributed by atoms with van der Waals surface area (Å²) in [6.07, 6.45) is 2.14. The summed E-state index contributed by atoms with van der Waals surface area (Å²) in [6.45, 7) is 6.32. The Morgan fingerprint density at radius 2 is 2.05 bits per heavy atom. The zero-order chi connectivity index (χ0) is 14.6. The average Bonchev–Trinajstić information content (AvgIpc) is 2.46. The molecule has 1 N–H and O–H groups in total. The number of hydrogen-bond donors (Lipinski definition) is 1. The van der Waals surface area contributed by atoms with Crippen LogP contribution in [0, 0.1) is 5.92 Å². The van der Waals surface area contributed by atoms with E-state index in [2.05, 4.69) is 45.5 Å². The maximum Gasteiger partial charge on any atom is 0.0587 e. The van der Waals surface area contributed by atoms with E-state index in [4.69, 9.17) is 9.47 Å². The number of nitrogens with one attached hydrogen (secondary N) is 1. The van der Waals surface area contributed by atoms with Crippen molar-refractivity contribution in [3.8, 4) is 0 Å². The van der Waals surface area contributed by atoms with E-state index in [1.807, 2.05) is 6.92 Å². The third-order valence-corrected chi connectivity index (χ3v) is 4.03. The number of halogens is 1. The highest BCUT2D eigenvalue weighted by Gasteiger charge is 2.11. The molecule has 1 aromatic carbocycles. The zero-order valence-corrected chi connectivity index (χ0v) is 14.1. The summed E-state index contributed by atoms with van der Waals surface area (Å²) >= 11 is 3.63. The van der Waals surface area contributed by atoms with Crippen molar-refractivity contribution in [1.82, 2.24) is 5.32 Å². The van der Waals surface area contributed by atoms with Crippen LogP contribution in [-0.4, -0.2) is 40.0 Å². The highest BCUT2D eigenvalue weighted by molar-refractivity contribution is 9.10. The van der Waals surface area contributed by atoms with Gasteiger partial charge >= 0.3 is 0 Å². The lowest BCUT2D eigenvalue weighted by Crippen LogP contribution is -2.28. The van der Waals surface area contributed by atoms with E-state index in [9.17, 15) is 0 Å². The maximum atomic E-state index is 5.50. The van der Waals surface area contributed by atoms with E-state index in [0.717, 1.165) is 45.8 Å². The molecule has 114 valence electrons. The van der Waals surface area contributed by atoms with E-state index < -0.39 is 0 Å². The van der Waals surface area contributed by atoms with Gasteiger partial charge in [-0.3, -0.25) is 0 Å². The second-order valence-corrected chi connectivity index (χ2v) is 5.70. The molecule has 0 amide bonds. The summed E-state index contributed by atoms with van der Waals surface area (Å²) in [5.41, 5.74) is 1.36. The van der Waals surface area contributed by atoms with Gasteiger partial charge in [0.05, 0.1) is 6.61 Å². The minimum absolute atomic E-state index is 0.581. The molecule has 0 aliphatic rings. The second-order valence-electron chi connectivity index (χ2n) is 4.84. The van der Waals surface area contributed by atoms with Crippen molar-refractivity contribution < 1.29 is 9.47 Å². The monoisotopic (exact) mass is 343 g/mol. The van der Waals surface area contributed by atoms with Crippen LogP contribution in [-0.2, 0) is 15.9 Å². The Hall–Kier alpha value is -0.420. The van der Waals surface area contributed by atoms with Gasteiger partial charge in [-0.15, -0.1) is 0 Å². The summed E-state index contributed by atoms with van der Waals surface area (Å²) < 4.78 is 11.8. The fraction of sp³-hybridized carbons (Fsp3) is 0.625. The van der Waals surface area contributed by atoms with Crippen molar-refractivity contribution >= 4 is 15.9 Å². The lowest BCUT2D eigenvalue weighted by atomic mass is 9.96. The second kappa shape index (κ2) is 11.3. The Balaban J connectivity index is 2.46. The molecule has 0 saturated carbocycles. The van der Waals surface area contributed by atoms with Gasteiger partial charge in [0.1, 0.15) is 0 Å². The van der Waals surface area contributed by atoms with Gasteiger partial charge < -0.3 is 14.8 Å². The number of methoxy groups -OCH3 is 1. The van der Waals surface area contributed by atoms with Crippen LogP contribution >= 0.6 is 15.9 Å². The molecule has 4 heteroatoms. The quantitative estimate of drug-likeness (QED) is 0.625. The highest BCUT2D eigenvalue weighted by Crippen LogP contribution is 2.20. The van der Waals surface area contributed by atoms with Crippen molar-refractivity contribution in [3.63, 3.8) is 0 Å². The summed E-state index contributed by atoms with van der Waals surface area (Å²) in [4.78, 5) is 0. The minimum Gasteiger partial charge on any atom is -0.383 e. The molecule has 0 heterocycles. The molecule has 0 saturated heterocycles. The molecule has 0 aliphatic heterocycles.